The van der Waals surface area contributed by atoms with Crippen LogP contribution in [0, 0.1) is 6.92 Å². The van der Waals surface area contributed by atoms with Gasteiger partial charge in [-0.3, -0.25) is 0 Å². The number of hydrogen-bond acceptors (Lipinski definition) is 4. The summed E-state index contributed by atoms with van der Waals surface area (Å²) in [4.78, 5) is 15.7. The number of aromatic nitrogens is 1. The maximum absolute atomic E-state index is 10.8. The van der Waals surface area contributed by atoms with Crippen LogP contribution in [0.15, 0.2) is 12.3 Å². The molecule has 1 rings (SSSR count). The molecule has 0 bridgehead atoms. The Morgan fingerprint density at radius 2 is 2.00 bits per heavy atom. The molecule has 1 aromatic rings. The standard InChI is InChI=1S/C10H14NO4/c1-7-10(14-4)9(13-3)5-6-11(7)15-8(2)12/h5-6H,1-4H3/q+1. The van der Waals surface area contributed by atoms with Crippen LogP contribution in [-0.2, 0) is 4.79 Å². The summed E-state index contributed by atoms with van der Waals surface area (Å²) in [6.07, 6.45) is 1.60. The van der Waals surface area contributed by atoms with Gasteiger partial charge in [0.15, 0.2) is 5.75 Å². The van der Waals surface area contributed by atoms with Crippen molar-refractivity contribution < 1.29 is 23.8 Å². The fraction of sp³-hybridized carbons (Fsp3) is 0.400. The monoisotopic (exact) mass is 212 g/mol. The molecule has 0 aliphatic carbocycles. The maximum Gasteiger partial charge on any atom is 0.377 e. The Morgan fingerprint density at radius 3 is 2.47 bits per heavy atom. The Kier molecular flexibility index (Phi) is 3.49. The van der Waals surface area contributed by atoms with Gasteiger partial charge in [-0.05, 0) is 0 Å². The number of carbonyl (C=O) groups excluding carboxylic acids is 1. The van der Waals surface area contributed by atoms with Crippen LogP contribution in [0.2, 0.25) is 0 Å². The predicted molar refractivity (Wildman–Crippen MR) is 51.7 cm³/mol. The molecule has 0 spiro atoms. The molecular formula is C10H14NO4+. The summed E-state index contributed by atoms with van der Waals surface area (Å²) < 4.78 is 11.6. The van der Waals surface area contributed by atoms with E-state index in [4.69, 9.17) is 14.3 Å². The highest BCUT2D eigenvalue weighted by Gasteiger charge is 2.20. The van der Waals surface area contributed by atoms with Gasteiger partial charge in [0, 0.05) is 18.6 Å². The van der Waals surface area contributed by atoms with Gasteiger partial charge in [-0.1, -0.05) is 0 Å². The van der Waals surface area contributed by atoms with Crippen LogP contribution >= 0.6 is 0 Å². The number of ether oxygens (including phenoxy) is 2. The highest BCUT2D eigenvalue weighted by molar-refractivity contribution is 5.65. The number of hydrogen-bond donors (Lipinski definition) is 0. The van der Waals surface area contributed by atoms with E-state index in [1.807, 2.05) is 0 Å². The first-order valence-electron chi connectivity index (χ1n) is 4.42. The molecular weight excluding hydrogens is 198 g/mol. The highest BCUT2D eigenvalue weighted by atomic mass is 16.7. The van der Waals surface area contributed by atoms with Crippen LogP contribution in [0.25, 0.3) is 0 Å². The van der Waals surface area contributed by atoms with Gasteiger partial charge in [-0.15, -0.1) is 0 Å². The van der Waals surface area contributed by atoms with Gasteiger partial charge in [0.1, 0.15) is 0 Å². The van der Waals surface area contributed by atoms with Crippen molar-refractivity contribution in [2.45, 2.75) is 13.8 Å². The minimum atomic E-state index is -0.393. The van der Waals surface area contributed by atoms with Gasteiger partial charge in [-0.25, -0.2) is 4.79 Å². The van der Waals surface area contributed by atoms with Crippen molar-refractivity contribution in [1.82, 2.24) is 0 Å². The molecule has 0 saturated heterocycles. The normalized spacial score (nSPS) is 9.60. The van der Waals surface area contributed by atoms with Crippen LogP contribution < -0.4 is 19.0 Å². The summed E-state index contributed by atoms with van der Waals surface area (Å²) >= 11 is 0. The van der Waals surface area contributed by atoms with E-state index in [2.05, 4.69) is 0 Å². The molecule has 5 nitrogen and oxygen atoms in total. The molecule has 0 fully saturated rings. The molecule has 0 radical (unpaired) electrons. The van der Waals surface area contributed by atoms with Crippen molar-refractivity contribution in [2.24, 2.45) is 0 Å². The molecule has 0 unspecified atom stereocenters. The fourth-order valence-corrected chi connectivity index (χ4v) is 1.25. The van der Waals surface area contributed by atoms with Gasteiger partial charge >= 0.3 is 5.97 Å². The summed E-state index contributed by atoms with van der Waals surface area (Å²) in [6.45, 7) is 3.10. The van der Waals surface area contributed by atoms with Crippen molar-refractivity contribution in [3.8, 4) is 11.5 Å². The Morgan fingerprint density at radius 1 is 1.33 bits per heavy atom. The zero-order valence-electron chi connectivity index (χ0n) is 9.23. The second-order valence-corrected chi connectivity index (χ2v) is 2.91. The van der Waals surface area contributed by atoms with Crippen molar-refractivity contribution in [1.29, 1.82) is 0 Å². The van der Waals surface area contributed by atoms with Gasteiger partial charge < -0.3 is 9.47 Å². The Balaban J connectivity index is 3.16. The van der Waals surface area contributed by atoms with E-state index in [0.29, 0.717) is 17.2 Å². The van der Waals surface area contributed by atoms with Gasteiger partial charge in [0.2, 0.25) is 11.9 Å². The minimum absolute atomic E-state index is 0.393. The Bertz CT molecular complexity index is 376. The molecule has 0 aromatic carbocycles. The molecule has 0 aliphatic rings. The van der Waals surface area contributed by atoms with Crippen molar-refractivity contribution in [3.05, 3.63) is 18.0 Å². The molecule has 82 valence electrons. The van der Waals surface area contributed by atoms with E-state index < -0.39 is 5.97 Å². The fourth-order valence-electron chi connectivity index (χ4n) is 1.25. The van der Waals surface area contributed by atoms with E-state index in [0.717, 1.165) is 0 Å². The van der Waals surface area contributed by atoms with E-state index >= 15 is 0 Å². The number of carbonyl (C=O) groups is 1. The first kappa shape index (κ1) is 11.3. The predicted octanol–water partition coefficient (Wildman–Crippen LogP) is 0.275. The average molecular weight is 212 g/mol. The third-order valence-corrected chi connectivity index (χ3v) is 1.90. The molecule has 0 aliphatic heterocycles. The Labute approximate surface area is 88.1 Å². The zero-order valence-corrected chi connectivity index (χ0v) is 9.23. The van der Waals surface area contributed by atoms with E-state index in [1.54, 1.807) is 26.3 Å². The lowest BCUT2D eigenvalue weighted by Gasteiger charge is -2.07. The summed E-state index contributed by atoms with van der Waals surface area (Å²) in [7, 11) is 3.08. The molecule has 5 heteroatoms. The van der Waals surface area contributed by atoms with E-state index in [-0.39, 0.29) is 0 Å². The van der Waals surface area contributed by atoms with Gasteiger partial charge in [-0.2, -0.15) is 4.84 Å². The Hall–Kier alpha value is -1.78. The minimum Gasteiger partial charge on any atom is -0.492 e. The van der Waals surface area contributed by atoms with Crippen LogP contribution in [0.5, 0.6) is 11.5 Å². The average Bonchev–Trinajstić information content (AvgIpc) is 2.20. The SMILES string of the molecule is COc1cc[n+](OC(C)=O)c(C)c1OC. The topological polar surface area (TPSA) is 48.6 Å². The van der Waals surface area contributed by atoms with E-state index in [9.17, 15) is 4.79 Å². The van der Waals surface area contributed by atoms with Crippen LogP contribution in [0.4, 0.5) is 0 Å². The second-order valence-electron chi connectivity index (χ2n) is 2.91. The lowest BCUT2D eigenvalue weighted by atomic mass is 10.3. The third-order valence-electron chi connectivity index (χ3n) is 1.90. The lowest BCUT2D eigenvalue weighted by molar-refractivity contribution is -0.873. The first-order valence-corrected chi connectivity index (χ1v) is 4.42. The second kappa shape index (κ2) is 4.63. The van der Waals surface area contributed by atoms with Crippen LogP contribution in [-0.4, -0.2) is 20.2 Å². The van der Waals surface area contributed by atoms with Crippen LogP contribution in [0.1, 0.15) is 12.6 Å². The number of rotatable bonds is 3. The van der Waals surface area contributed by atoms with Crippen molar-refractivity contribution in [2.75, 3.05) is 14.2 Å². The molecule has 1 heterocycles. The molecule has 0 N–H and O–H groups in total. The smallest absolute Gasteiger partial charge is 0.377 e. The molecule has 1 aromatic heterocycles. The molecule has 0 atom stereocenters. The number of nitrogens with zero attached hydrogens (tertiary/aromatic N) is 1. The van der Waals surface area contributed by atoms with Gasteiger partial charge in [0.05, 0.1) is 20.3 Å². The zero-order chi connectivity index (χ0) is 11.4. The van der Waals surface area contributed by atoms with Crippen molar-refractivity contribution >= 4 is 5.97 Å². The number of pyridine rings is 1. The molecule has 15 heavy (non-hydrogen) atoms. The summed E-state index contributed by atoms with van der Waals surface area (Å²) in [5.41, 5.74) is 0.659. The summed E-state index contributed by atoms with van der Waals surface area (Å²) in [5.74, 6) is 0.745. The van der Waals surface area contributed by atoms with Gasteiger partial charge in [0.25, 0.3) is 5.69 Å². The molecule has 0 saturated carbocycles. The number of methoxy groups -OCH3 is 2. The summed E-state index contributed by atoms with van der Waals surface area (Å²) in [5, 5.41) is 0. The largest absolute Gasteiger partial charge is 0.492 e. The van der Waals surface area contributed by atoms with Crippen LogP contribution in [0.3, 0.4) is 0 Å². The molecule has 0 amide bonds. The van der Waals surface area contributed by atoms with E-state index in [1.165, 1.54) is 18.8 Å². The third kappa shape index (κ3) is 2.37. The van der Waals surface area contributed by atoms with Crippen molar-refractivity contribution in [3.63, 3.8) is 0 Å². The first-order chi connectivity index (χ1) is 7.10. The maximum atomic E-state index is 10.8. The lowest BCUT2D eigenvalue weighted by Crippen LogP contribution is -2.47. The summed E-state index contributed by atoms with van der Waals surface area (Å²) in [6, 6.07) is 1.66. The highest BCUT2D eigenvalue weighted by Crippen LogP contribution is 2.26. The quantitative estimate of drug-likeness (QED) is 0.675.